The molecule has 0 saturated carbocycles. The molecule has 0 aromatic heterocycles. The number of amides is 1. The number of aromatic hydroxyl groups is 1. The van der Waals surface area contributed by atoms with Gasteiger partial charge in [-0.2, -0.15) is 0 Å². The van der Waals surface area contributed by atoms with Crippen LogP contribution in [0.5, 0.6) is 5.75 Å². The highest BCUT2D eigenvalue weighted by Gasteiger charge is 2.21. The monoisotopic (exact) mass is 252 g/mol. The first kappa shape index (κ1) is 14.0. The lowest BCUT2D eigenvalue weighted by atomic mass is 10.1. The summed E-state index contributed by atoms with van der Waals surface area (Å²) in [5.41, 5.74) is 6.06. The SMILES string of the molecule is C[C@H](N)C(=O)N[C@H](Cc1ccc(O)cc1)C(=O)O. The summed E-state index contributed by atoms with van der Waals surface area (Å²) in [4.78, 5) is 22.4. The Morgan fingerprint density at radius 2 is 1.89 bits per heavy atom. The Kier molecular flexibility index (Phi) is 4.67. The van der Waals surface area contributed by atoms with Gasteiger partial charge < -0.3 is 21.3 Å². The van der Waals surface area contributed by atoms with Crippen LogP contribution in [0.4, 0.5) is 0 Å². The van der Waals surface area contributed by atoms with E-state index in [2.05, 4.69) is 5.32 Å². The van der Waals surface area contributed by atoms with Gasteiger partial charge in [0.15, 0.2) is 0 Å². The van der Waals surface area contributed by atoms with Crippen molar-refractivity contribution < 1.29 is 19.8 Å². The highest BCUT2D eigenvalue weighted by atomic mass is 16.4. The number of nitrogens with one attached hydrogen (secondary N) is 1. The quantitative estimate of drug-likeness (QED) is 0.582. The molecule has 0 radical (unpaired) electrons. The highest BCUT2D eigenvalue weighted by Crippen LogP contribution is 2.11. The largest absolute Gasteiger partial charge is 0.508 e. The van der Waals surface area contributed by atoms with Gasteiger partial charge in [-0.15, -0.1) is 0 Å². The number of rotatable bonds is 5. The molecule has 2 atom stereocenters. The number of carbonyl (C=O) groups is 2. The smallest absolute Gasteiger partial charge is 0.326 e. The molecule has 0 aliphatic rings. The van der Waals surface area contributed by atoms with Crippen LogP contribution in [-0.4, -0.2) is 34.2 Å². The molecule has 0 unspecified atom stereocenters. The second-order valence-electron chi connectivity index (χ2n) is 4.06. The van der Waals surface area contributed by atoms with Crippen molar-refractivity contribution in [2.75, 3.05) is 0 Å². The summed E-state index contributed by atoms with van der Waals surface area (Å²) in [5.74, 6) is -1.54. The Bertz CT molecular complexity index is 428. The van der Waals surface area contributed by atoms with Crippen molar-refractivity contribution in [2.45, 2.75) is 25.4 Å². The zero-order valence-electron chi connectivity index (χ0n) is 9.96. The summed E-state index contributed by atoms with van der Waals surface area (Å²) in [6.07, 6.45) is 0.133. The molecular weight excluding hydrogens is 236 g/mol. The summed E-state index contributed by atoms with van der Waals surface area (Å²) in [6.45, 7) is 1.48. The van der Waals surface area contributed by atoms with E-state index in [4.69, 9.17) is 15.9 Å². The van der Waals surface area contributed by atoms with Gasteiger partial charge in [-0.25, -0.2) is 4.79 Å². The lowest BCUT2D eigenvalue weighted by molar-refractivity contribution is -0.141. The van der Waals surface area contributed by atoms with Gasteiger partial charge in [0, 0.05) is 6.42 Å². The Morgan fingerprint density at radius 1 is 1.33 bits per heavy atom. The van der Waals surface area contributed by atoms with E-state index >= 15 is 0 Å². The molecule has 5 N–H and O–H groups in total. The molecule has 0 aliphatic heterocycles. The summed E-state index contributed by atoms with van der Waals surface area (Å²) >= 11 is 0. The zero-order chi connectivity index (χ0) is 13.7. The molecular formula is C12H16N2O4. The van der Waals surface area contributed by atoms with Crippen molar-refractivity contribution in [2.24, 2.45) is 5.73 Å². The number of benzene rings is 1. The van der Waals surface area contributed by atoms with E-state index < -0.39 is 24.0 Å². The van der Waals surface area contributed by atoms with Crippen molar-refractivity contribution in [1.82, 2.24) is 5.32 Å². The van der Waals surface area contributed by atoms with Crippen LogP contribution in [0, 0.1) is 0 Å². The van der Waals surface area contributed by atoms with Gasteiger partial charge >= 0.3 is 5.97 Å². The van der Waals surface area contributed by atoms with Crippen LogP contribution < -0.4 is 11.1 Å². The van der Waals surface area contributed by atoms with Crippen molar-refractivity contribution in [1.29, 1.82) is 0 Å². The predicted octanol–water partition coefficient (Wildman–Crippen LogP) is -0.149. The molecule has 1 rings (SSSR count). The normalized spacial score (nSPS) is 13.7. The van der Waals surface area contributed by atoms with E-state index in [9.17, 15) is 9.59 Å². The number of hydrogen-bond donors (Lipinski definition) is 4. The third kappa shape index (κ3) is 4.06. The number of aliphatic carboxylic acids is 1. The molecule has 0 aliphatic carbocycles. The van der Waals surface area contributed by atoms with E-state index in [1.165, 1.54) is 19.1 Å². The number of phenolic OH excluding ortho intramolecular Hbond substituents is 1. The molecule has 0 spiro atoms. The lowest BCUT2D eigenvalue weighted by Gasteiger charge is -2.16. The van der Waals surface area contributed by atoms with Crippen LogP contribution >= 0.6 is 0 Å². The Balaban J connectivity index is 2.72. The second-order valence-corrected chi connectivity index (χ2v) is 4.06. The Labute approximate surface area is 104 Å². The minimum Gasteiger partial charge on any atom is -0.508 e. The number of nitrogens with two attached hydrogens (primary N) is 1. The molecule has 0 bridgehead atoms. The van der Waals surface area contributed by atoms with Gasteiger partial charge in [0.25, 0.3) is 0 Å². The van der Waals surface area contributed by atoms with Gasteiger partial charge in [0.05, 0.1) is 6.04 Å². The van der Waals surface area contributed by atoms with Gasteiger partial charge in [-0.3, -0.25) is 4.79 Å². The average Bonchev–Trinajstić information content (AvgIpc) is 2.30. The third-order valence-corrected chi connectivity index (χ3v) is 2.40. The Morgan fingerprint density at radius 3 is 2.33 bits per heavy atom. The molecule has 0 fully saturated rings. The van der Waals surface area contributed by atoms with Gasteiger partial charge in [0.1, 0.15) is 11.8 Å². The average molecular weight is 252 g/mol. The van der Waals surface area contributed by atoms with Gasteiger partial charge in [-0.05, 0) is 24.6 Å². The number of hydrogen-bond acceptors (Lipinski definition) is 4. The summed E-state index contributed by atoms with van der Waals surface area (Å²) in [5, 5.41) is 20.5. The number of phenols is 1. The standard InChI is InChI=1S/C12H16N2O4/c1-7(13)11(16)14-10(12(17)18)6-8-2-4-9(15)5-3-8/h2-5,7,10,15H,6,13H2,1H3,(H,14,16)(H,17,18)/t7-,10+/m0/s1. The molecule has 6 nitrogen and oxygen atoms in total. The van der Waals surface area contributed by atoms with Crippen molar-refractivity contribution >= 4 is 11.9 Å². The third-order valence-electron chi connectivity index (χ3n) is 2.40. The minimum absolute atomic E-state index is 0.102. The van der Waals surface area contributed by atoms with Crippen molar-refractivity contribution in [3.63, 3.8) is 0 Å². The zero-order valence-corrected chi connectivity index (χ0v) is 9.96. The molecule has 1 aromatic carbocycles. The van der Waals surface area contributed by atoms with E-state index in [-0.39, 0.29) is 12.2 Å². The number of carboxylic acids is 1. The fourth-order valence-corrected chi connectivity index (χ4v) is 1.37. The first-order valence-electron chi connectivity index (χ1n) is 5.47. The summed E-state index contributed by atoms with van der Waals surface area (Å²) < 4.78 is 0. The molecule has 0 saturated heterocycles. The fourth-order valence-electron chi connectivity index (χ4n) is 1.37. The van der Waals surface area contributed by atoms with Crippen LogP contribution in [0.15, 0.2) is 24.3 Å². The first-order valence-corrected chi connectivity index (χ1v) is 5.47. The molecule has 1 amide bonds. The topological polar surface area (TPSA) is 113 Å². The first-order chi connectivity index (χ1) is 8.40. The van der Waals surface area contributed by atoms with Crippen LogP contribution in [0.2, 0.25) is 0 Å². The van der Waals surface area contributed by atoms with E-state index in [1.54, 1.807) is 12.1 Å². The van der Waals surface area contributed by atoms with Crippen molar-refractivity contribution in [3.8, 4) is 5.75 Å². The molecule has 0 heterocycles. The maximum absolute atomic E-state index is 11.4. The fraction of sp³-hybridized carbons (Fsp3) is 0.333. The molecule has 1 aromatic rings. The minimum atomic E-state index is -1.13. The van der Waals surface area contributed by atoms with E-state index in [1.807, 2.05) is 0 Å². The predicted molar refractivity (Wildman–Crippen MR) is 65.0 cm³/mol. The maximum Gasteiger partial charge on any atom is 0.326 e. The molecule has 18 heavy (non-hydrogen) atoms. The van der Waals surface area contributed by atoms with Crippen LogP contribution in [0.1, 0.15) is 12.5 Å². The lowest BCUT2D eigenvalue weighted by Crippen LogP contribution is -2.48. The number of carbonyl (C=O) groups excluding carboxylic acids is 1. The summed E-state index contributed by atoms with van der Waals surface area (Å²) in [7, 11) is 0. The van der Waals surface area contributed by atoms with Crippen molar-refractivity contribution in [3.05, 3.63) is 29.8 Å². The van der Waals surface area contributed by atoms with Gasteiger partial charge in [-0.1, -0.05) is 12.1 Å². The van der Waals surface area contributed by atoms with Crippen LogP contribution in [-0.2, 0) is 16.0 Å². The van der Waals surface area contributed by atoms with E-state index in [0.717, 1.165) is 0 Å². The van der Waals surface area contributed by atoms with E-state index in [0.29, 0.717) is 5.56 Å². The number of carboxylic acid groups (broad SMARTS) is 1. The maximum atomic E-state index is 11.4. The highest BCUT2D eigenvalue weighted by molar-refractivity contribution is 5.86. The Hall–Kier alpha value is -2.08. The molecule has 98 valence electrons. The van der Waals surface area contributed by atoms with Crippen LogP contribution in [0.25, 0.3) is 0 Å². The second kappa shape index (κ2) is 6.02. The van der Waals surface area contributed by atoms with Crippen LogP contribution in [0.3, 0.4) is 0 Å². The molecule has 6 heteroatoms. The summed E-state index contributed by atoms with van der Waals surface area (Å²) in [6, 6.07) is 4.33. The van der Waals surface area contributed by atoms with Gasteiger partial charge in [0.2, 0.25) is 5.91 Å².